The van der Waals surface area contributed by atoms with Gasteiger partial charge in [0.05, 0.1) is 0 Å². The minimum atomic E-state index is -5.65. The fourth-order valence-corrected chi connectivity index (χ4v) is 3.45. The molecule has 0 aromatic heterocycles. The lowest BCUT2D eigenvalue weighted by Crippen LogP contribution is -2.54. The number of carbonyl (C=O) groups is 1. The SMILES string of the molecule is CC(=O)c1ccc(Oc2ccc(C(c3ccc(C)cc3)(C(F)(F)F)C(F)(F)F)cc2)cc1. The molecule has 0 bridgehead atoms. The molecule has 0 N–H and O–H groups in total. The van der Waals surface area contributed by atoms with Crippen molar-refractivity contribution in [3.05, 3.63) is 95.1 Å². The van der Waals surface area contributed by atoms with E-state index in [0.717, 1.165) is 36.4 Å². The first-order valence-electron chi connectivity index (χ1n) is 9.46. The lowest BCUT2D eigenvalue weighted by atomic mass is 9.72. The van der Waals surface area contributed by atoms with Gasteiger partial charge in [0.2, 0.25) is 5.41 Å². The van der Waals surface area contributed by atoms with Crippen LogP contribution in [0.25, 0.3) is 0 Å². The predicted molar refractivity (Wildman–Crippen MR) is 107 cm³/mol. The summed E-state index contributed by atoms with van der Waals surface area (Å²) in [5.41, 5.74) is -5.12. The van der Waals surface area contributed by atoms with Gasteiger partial charge in [0.15, 0.2) is 5.78 Å². The molecule has 0 spiro atoms. The Hall–Kier alpha value is -3.29. The molecule has 2 nitrogen and oxygen atoms in total. The van der Waals surface area contributed by atoms with Crippen LogP contribution in [-0.4, -0.2) is 18.1 Å². The summed E-state index contributed by atoms with van der Waals surface area (Å²) in [6.07, 6.45) is -11.3. The third-order valence-corrected chi connectivity index (χ3v) is 5.12. The molecule has 32 heavy (non-hydrogen) atoms. The van der Waals surface area contributed by atoms with Crippen LogP contribution >= 0.6 is 0 Å². The zero-order valence-corrected chi connectivity index (χ0v) is 17.0. The highest BCUT2D eigenvalue weighted by Gasteiger charge is 2.72. The van der Waals surface area contributed by atoms with Gasteiger partial charge >= 0.3 is 12.4 Å². The fourth-order valence-electron chi connectivity index (χ4n) is 3.45. The monoisotopic (exact) mass is 452 g/mol. The van der Waals surface area contributed by atoms with Gasteiger partial charge in [-0.25, -0.2) is 0 Å². The van der Waals surface area contributed by atoms with Crippen LogP contribution in [0, 0.1) is 6.92 Å². The van der Waals surface area contributed by atoms with E-state index in [9.17, 15) is 31.1 Å². The summed E-state index contributed by atoms with van der Waals surface area (Å²) >= 11 is 0. The van der Waals surface area contributed by atoms with Crippen LogP contribution in [0.1, 0.15) is 34.0 Å². The molecular weight excluding hydrogens is 434 g/mol. The Bertz CT molecular complexity index is 1070. The van der Waals surface area contributed by atoms with Gasteiger partial charge in [-0.1, -0.05) is 42.0 Å². The Balaban J connectivity index is 2.04. The molecule has 0 atom stereocenters. The number of alkyl halides is 6. The highest BCUT2D eigenvalue weighted by atomic mass is 19.4. The van der Waals surface area contributed by atoms with Crippen molar-refractivity contribution in [1.82, 2.24) is 0 Å². The number of hydrogen-bond donors (Lipinski definition) is 0. The predicted octanol–water partition coefficient (Wildman–Crippen LogP) is 7.40. The molecule has 0 unspecified atom stereocenters. The van der Waals surface area contributed by atoms with Crippen molar-refractivity contribution in [3.63, 3.8) is 0 Å². The highest BCUT2D eigenvalue weighted by Crippen LogP contribution is 2.56. The minimum Gasteiger partial charge on any atom is -0.457 e. The van der Waals surface area contributed by atoms with E-state index in [1.54, 1.807) is 6.92 Å². The largest absolute Gasteiger partial charge is 0.457 e. The smallest absolute Gasteiger partial charge is 0.411 e. The van der Waals surface area contributed by atoms with Crippen LogP contribution in [0.4, 0.5) is 26.3 Å². The summed E-state index contributed by atoms with van der Waals surface area (Å²) < 4.78 is 90.2. The highest BCUT2D eigenvalue weighted by molar-refractivity contribution is 5.94. The zero-order chi connectivity index (χ0) is 23.7. The maximum atomic E-state index is 14.1. The molecule has 0 amide bonds. The van der Waals surface area contributed by atoms with Gasteiger partial charge in [-0.3, -0.25) is 4.79 Å². The number of rotatable bonds is 5. The molecule has 0 radical (unpaired) electrons. The second-order valence-electron chi connectivity index (χ2n) is 7.32. The number of Topliss-reactive ketones (excluding diaryl/α,β-unsaturated/α-hetero) is 1. The Kier molecular flexibility index (Phi) is 6.09. The van der Waals surface area contributed by atoms with Crippen molar-refractivity contribution in [2.75, 3.05) is 0 Å². The van der Waals surface area contributed by atoms with Gasteiger partial charge in [0.1, 0.15) is 11.5 Å². The van der Waals surface area contributed by atoms with E-state index < -0.39 is 28.9 Å². The second-order valence-corrected chi connectivity index (χ2v) is 7.32. The zero-order valence-electron chi connectivity index (χ0n) is 17.0. The van der Waals surface area contributed by atoms with Crippen molar-refractivity contribution in [1.29, 1.82) is 0 Å². The van der Waals surface area contributed by atoms with Crippen molar-refractivity contribution >= 4 is 5.78 Å². The van der Waals surface area contributed by atoms with Gasteiger partial charge in [-0.2, -0.15) is 26.3 Å². The Morgan fingerprint density at radius 3 is 1.41 bits per heavy atom. The van der Waals surface area contributed by atoms with Crippen molar-refractivity contribution in [2.45, 2.75) is 31.6 Å². The third kappa shape index (κ3) is 4.22. The molecule has 0 aliphatic heterocycles. The van der Waals surface area contributed by atoms with E-state index in [0.29, 0.717) is 11.1 Å². The molecule has 0 aliphatic rings. The molecule has 0 aliphatic carbocycles. The van der Waals surface area contributed by atoms with Gasteiger partial charge in [-0.15, -0.1) is 0 Å². The normalized spacial score (nSPS) is 12.5. The van der Waals surface area contributed by atoms with Crippen molar-refractivity contribution in [3.8, 4) is 11.5 Å². The second kappa shape index (κ2) is 8.33. The molecule has 3 rings (SSSR count). The van der Waals surface area contributed by atoms with E-state index in [4.69, 9.17) is 4.74 Å². The van der Waals surface area contributed by atoms with Gasteiger partial charge in [-0.05, 0) is 61.4 Å². The van der Waals surface area contributed by atoms with Crippen LogP contribution in [0.3, 0.4) is 0 Å². The van der Waals surface area contributed by atoms with E-state index in [1.807, 2.05) is 0 Å². The molecule has 0 fully saturated rings. The van der Waals surface area contributed by atoms with Crippen LogP contribution in [0.5, 0.6) is 11.5 Å². The summed E-state index contributed by atoms with van der Waals surface area (Å²) in [7, 11) is 0. The Morgan fingerprint density at radius 2 is 1.03 bits per heavy atom. The van der Waals surface area contributed by atoms with Gasteiger partial charge < -0.3 is 4.74 Å². The van der Waals surface area contributed by atoms with E-state index in [1.165, 1.54) is 43.3 Å². The standard InChI is InChI=1S/C24H18F6O2/c1-15-3-7-18(8-4-15)22(23(25,26)27,24(28,29)30)19-9-13-21(14-10-19)32-20-11-5-17(6-12-20)16(2)31/h3-14H,1-2H3. The number of benzene rings is 3. The molecule has 168 valence electrons. The average molecular weight is 452 g/mol. The van der Waals surface area contributed by atoms with Crippen LogP contribution in [-0.2, 0) is 5.41 Å². The number of ether oxygens (including phenoxy) is 1. The first kappa shape index (κ1) is 23.4. The summed E-state index contributed by atoms with van der Waals surface area (Å²) in [4.78, 5) is 11.3. The van der Waals surface area contributed by atoms with Crippen LogP contribution in [0.2, 0.25) is 0 Å². The first-order chi connectivity index (χ1) is 14.9. The van der Waals surface area contributed by atoms with Crippen molar-refractivity contribution < 1.29 is 35.9 Å². The van der Waals surface area contributed by atoms with E-state index in [-0.39, 0.29) is 17.3 Å². The molecule has 0 saturated heterocycles. The number of hydrogen-bond acceptors (Lipinski definition) is 2. The maximum Gasteiger partial charge on any atom is 0.411 e. The number of halogens is 6. The molecular formula is C24H18F6O2. The molecule has 3 aromatic rings. The summed E-state index contributed by atoms with van der Waals surface area (Å²) in [5.74, 6) is 0.165. The van der Waals surface area contributed by atoms with Crippen molar-refractivity contribution in [2.24, 2.45) is 0 Å². The average Bonchev–Trinajstić information content (AvgIpc) is 2.69. The van der Waals surface area contributed by atoms with Crippen LogP contribution in [0.15, 0.2) is 72.8 Å². The molecule has 0 heterocycles. The third-order valence-electron chi connectivity index (χ3n) is 5.12. The Labute approximate surface area is 180 Å². The van der Waals surface area contributed by atoms with E-state index >= 15 is 0 Å². The van der Waals surface area contributed by atoms with Gasteiger partial charge in [0, 0.05) is 5.56 Å². The Morgan fingerprint density at radius 1 is 0.656 bits per heavy atom. The summed E-state index contributed by atoms with van der Waals surface area (Å²) in [5, 5.41) is 0. The topological polar surface area (TPSA) is 26.3 Å². The lowest BCUT2D eigenvalue weighted by Gasteiger charge is -2.38. The maximum absolute atomic E-state index is 14.1. The van der Waals surface area contributed by atoms with Gasteiger partial charge in [0.25, 0.3) is 0 Å². The van der Waals surface area contributed by atoms with Crippen LogP contribution < -0.4 is 4.74 Å². The number of carbonyl (C=O) groups excluding carboxylic acids is 1. The number of aryl methyl sites for hydroxylation is 1. The summed E-state index contributed by atoms with van der Waals surface area (Å²) in [6.45, 7) is 2.96. The lowest BCUT2D eigenvalue weighted by molar-refractivity contribution is -0.288. The minimum absolute atomic E-state index is 0.0477. The first-order valence-corrected chi connectivity index (χ1v) is 9.46. The quantitative estimate of drug-likeness (QED) is 0.298. The molecule has 3 aromatic carbocycles. The molecule has 0 saturated carbocycles. The summed E-state index contributed by atoms with van der Waals surface area (Å²) in [6, 6.07) is 13.7. The molecule has 8 heteroatoms. The van der Waals surface area contributed by atoms with E-state index in [2.05, 4.69) is 0 Å². The fraction of sp³-hybridized carbons (Fsp3) is 0.208. The number of ketones is 1.